The number of aliphatic hydroxyl groups excluding tert-OH is 1. The van der Waals surface area contributed by atoms with Crippen molar-refractivity contribution in [1.29, 1.82) is 0 Å². The second-order valence-corrected chi connectivity index (χ2v) is 3.46. The molecule has 70 valence electrons. The Kier molecular flexibility index (Phi) is 2.36. The van der Waals surface area contributed by atoms with Gasteiger partial charge >= 0.3 is 5.97 Å². The molecule has 1 saturated heterocycles. The molecule has 0 amide bonds. The zero-order valence-corrected chi connectivity index (χ0v) is 6.86. The van der Waals surface area contributed by atoms with Crippen LogP contribution in [0.4, 0.5) is 0 Å². The molecule has 2 atom stereocenters. The topological polar surface area (TPSA) is 92.8 Å². The Morgan fingerprint density at radius 2 is 2.17 bits per heavy atom. The van der Waals surface area contributed by atoms with E-state index in [9.17, 15) is 9.90 Å². The van der Waals surface area contributed by atoms with Gasteiger partial charge in [-0.2, -0.15) is 0 Å². The summed E-state index contributed by atoms with van der Waals surface area (Å²) in [5.41, 5.74) is 4.76. The van der Waals surface area contributed by atoms with Crippen LogP contribution in [0.2, 0.25) is 0 Å². The molecule has 0 aromatic rings. The lowest BCUT2D eigenvalue weighted by molar-refractivity contribution is -0.175. The highest BCUT2D eigenvalue weighted by Crippen LogP contribution is 2.31. The molecule has 1 aliphatic rings. The first kappa shape index (κ1) is 9.44. The molecule has 1 aliphatic heterocycles. The van der Waals surface area contributed by atoms with Gasteiger partial charge in [-0.1, -0.05) is 6.92 Å². The van der Waals surface area contributed by atoms with Gasteiger partial charge in [0, 0.05) is 5.41 Å². The van der Waals surface area contributed by atoms with Gasteiger partial charge in [0.25, 0.3) is 0 Å². The molecular formula is C7H13NO4. The van der Waals surface area contributed by atoms with E-state index in [1.54, 1.807) is 6.92 Å². The molecule has 0 bridgehead atoms. The molecule has 0 spiro atoms. The van der Waals surface area contributed by atoms with Crippen molar-refractivity contribution in [2.24, 2.45) is 11.1 Å². The van der Waals surface area contributed by atoms with Crippen molar-refractivity contribution in [1.82, 2.24) is 0 Å². The van der Waals surface area contributed by atoms with E-state index < -0.39 is 23.5 Å². The van der Waals surface area contributed by atoms with Gasteiger partial charge in [0.2, 0.25) is 0 Å². The number of aliphatic carboxylic acids is 1. The number of aliphatic hydroxyl groups is 1. The largest absolute Gasteiger partial charge is 0.480 e. The van der Waals surface area contributed by atoms with Crippen molar-refractivity contribution in [2.75, 3.05) is 13.2 Å². The number of carbonyl (C=O) groups is 1. The minimum atomic E-state index is -1.22. The minimum Gasteiger partial charge on any atom is -0.480 e. The van der Waals surface area contributed by atoms with E-state index in [1.807, 2.05) is 0 Å². The van der Waals surface area contributed by atoms with Crippen LogP contribution < -0.4 is 5.73 Å². The zero-order chi connectivity index (χ0) is 9.35. The highest BCUT2D eigenvalue weighted by molar-refractivity contribution is 5.74. The molecular weight excluding hydrogens is 162 g/mol. The van der Waals surface area contributed by atoms with Crippen molar-refractivity contribution in [3.8, 4) is 0 Å². The lowest BCUT2D eigenvalue weighted by Crippen LogP contribution is -2.58. The molecule has 0 aromatic heterocycles. The Labute approximate surface area is 70.1 Å². The number of nitrogens with two attached hydrogens (primary N) is 1. The van der Waals surface area contributed by atoms with Crippen molar-refractivity contribution in [3.63, 3.8) is 0 Å². The number of ether oxygens (including phenoxy) is 1. The molecule has 0 aromatic carbocycles. The zero-order valence-electron chi connectivity index (χ0n) is 6.86. The summed E-state index contributed by atoms with van der Waals surface area (Å²) in [5, 5.41) is 18.0. The van der Waals surface area contributed by atoms with E-state index in [-0.39, 0.29) is 0 Å². The molecule has 12 heavy (non-hydrogen) atoms. The molecule has 4 N–H and O–H groups in total. The standard InChI is InChI=1S/C7H13NO4/c1-7(2-12-3-7)5(9)4(8)6(10)11/h4-5,9H,2-3,8H2,1H3,(H,10,11). The van der Waals surface area contributed by atoms with Gasteiger partial charge in [0.1, 0.15) is 6.04 Å². The fourth-order valence-corrected chi connectivity index (χ4v) is 1.16. The summed E-state index contributed by atoms with van der Waals surface area (Å²) in [6, 6.07) is -1.22. The van der Waals surface area contributed by atoms with Crippen molar-refractivity contribution < 1.29 is 19.7 Å². The first-order chi connectivity index (χ1) is 5.47. The average molecular weight is 175 g/mol. The van der Waals surface area contributed by atoms with E-state index in [1.165, 1.54) is 0 Å². The maximum atomic E-state index is 10.4. The highest BCUT2D eigenvalue weighted by Gasteiger charge is 2.45. The number of carboxylic acids is 1. The van der Waals surface area contributed by atoms with Crippen LogP contribution in [-0.4, -0.2) is 41.5 Å². The first-order valence-corrected chi connectivity index (χ1v) is 3.71. The summed E-state index contributed by atoms with van der Waals surface area (Å²) in [7, 11) is 0. The van der Waals surface area contributed by atoms with Crippen LogP contribution >= 0.6 is 0 Å². The summed E-state index contributed by atoms with van der Waals surface area (Å²) >= 11 is 0. The van der Waals surface area contributed by atoms with Crippen LogP contribution in [0.25, 0.3) is 0 Å². The third-order valence-electron chi connectivity index (χ3n) is 2.20. The monoisotopic (exact) mass is 175 g/mol. The molecule has 1 heterocycles. The number of hydrogen-bond donors (Lipinski definition) is 3. The Hall–Kier alpha value is -0.650. The molecule has 1 rings (SSSR count). The summed E-state index contributed by atoms with van der Waals surface area (Å²) in [4.78, 5) is 10.4. The third kappa shape index (κ3) is 1.43. The van der Waals surface area contributed by atoms with Crippen LogP contribution in [-0.2, 0) is 9.53 Å². The molecule has 5 heteroatoms. The molecule has 1 fully saturated rings. The van der Waals surface area contributed by atoms with Gasteiger partial charge in [-0.15, -0.1) is 0 Å². The predicted octanol–water partition coefficient (Wildman–Crippen LogP) is -1.20. The quantitative estimate of drug-likeness (QED) is 0.500. The number of rotatable bonds is 3. The van der Waals surface area contributed by atoms with Crippen LogP contribution in [0.15, 0.2) is 0 Å². The Morgan fingerprint density at radius 3 is 2.42 bits per heavy atom. The first-order valence-electron chi connectivity index (χ1n) is 3.71. The van der Waals surface area contributed by atoms with Gasteiger partial charge in [0.05, 0.1) is 19.3 Å². The highest BCUT2D eigenvalue weighted by atomic mass is 16.5. The van der Waals surface area contributed by atoms with Crippen molar-refractivity contribution >= 4 is 5.97 Å². The second-order valence-electron chi connectivity index (χ2n) is 3.46. The van der Waals surface area contributed by atoms with Gasteiger partial charge in [0.15, 0.2) is 0 Å². The van der Waals surface area contributed by atoms with E-state index in [4.69, 9.17) is 15.6 Å². The lowest BCUT2D eigenvalue weighted by Gasteiger charge is -2.42. The SMILES string of the molecule is CC1(C(O)C(N)C(=O)O)COC1. The molecule has 5 nitrogen and oxygen atoms in total. The maximum absolute atomic E-state index is 10.4. The minimum absolute atomic E-state index is 0.370. The van der Waals surface area contributed by atoms with E-state index in [0.717, 1.165) is 0 Å². The summed E-state index contributed by atoms with van der Waals surface area (Å²) in [6.07, 6.45) is -1.04. The van der Waals surface area contributed by atoms with Crippen LogP contribution in [0.3, 0.4) is 0 Å². The third-order valence-corrected chi connectivity index (χ3v) is 2.20. The molecule has 0 aliphatic carbocycles. The molecule has 0 radical (unpaired) electrons. The van der Waals surface area contributed by atoms with Crippen molar-refractivity contribution in [2.45, 2.75) is 19.1 Å². The van der Waals surface area contributed by atoms with Crippen LogP contribution in [0.5, 0.6) is 0 Å². The Bertz CT molecular complexity index is 190. The second kappa shape index (κ2) is 3.01. The molecule has 0 saturated carbocycles. The van der Waals surface area contributed by atoms with Gasteiger partial charge in [-0.05, 0) is 0 Å². The van der Waals surface area contributed by atoms with Gasteiger partial charge in [-0.3, -0.25) is 4.79 Å². The Morgan fingerprint density at radius 1 is 1.67 bits per heavy atom. The van der Waals surface area contributed by atoms with Crippen LogP contribution in [0, 0.1) is 5.41 Å². The predicted molar refractivity (Wildman–Crippen MR) is 40.5 cm³/mol. The average Bonchev–Trinajstić information content (AvgIpc) is 1.97. The maximum Gasteiger partial charge on any atom is 0.323 e. The smallest absolute Gasteiger partial charge is 0.323 e. The lowest BCUT2D eigenvalue weighted by atomic mass is 9.79. The van der Waals surface area contributed by atoms with E-state index >= 15 is 0 Å². The number of carboxylic acid groups (broad SMARTS) is 1. The van der Waals surface area contributed by atoms with E-state index in [2.05, 4.69) is 0 Å². The summed E-state index contributed by atoms with van der Waals surface area (Å²) in [6.45, 7) is 2.49. The fourth-order valence-electron chi connectivity index (χ4n) is 1.16. The number of hydrogen-bond acceptors (Lipinski definition) is 4. The van der Waals surface area contributed by atoms with Gasteiger partial charge < -0.3 is 20.7 Å². The normalized spacial score (nSPS) is 25.6. The summed E-state index contributed by atoms with van der Waals surface area (Å²) < 4.78 is 4.88. The van der Waals surface area contributed by atoms with E-state index in [0.29, 0.717) is 13.2 Å². The summed E-state index contributed by atoms with van der Waals surface area (Å²) in [5.74, 6) is -1.18. The van der Waals surface area contributed by atoms with Gasteiger partial charge in [-0.25, -0.2) is 0 Å². The molecule has 2 unspecified atom stereocenters. The fraction of sp³-hybridized carbons (Fsp3) is 0.857. The Balaban J connectivity index is 2.57. The van der Waals surface area contributed by atoms with Crippen molar-refractivity contribution in [3.05, 3.63) is 0 Å². The van der Waals surface area contributed by atoms with Crippen LogP contribution in [0.1, 0.15) is 6.92 Å².